The molecule has 4 rings (SSSR count). The second-order valence-corrected chi connectivity index (χ2v) is 5.93. The molecule has 2 bridgehead atoms. The maximum absolute atomic E-state index is 12.3. The molecule has 3 aliphatic rings. The third-order valence-electron chi connectivity index (χ3n) is 4.57. The third-order valence-corrected chi connectivity index (χ3v) is 4.57. The molecule has 2 unspecified atom stereocenters. The van der Waals surface area contributed by atoms with Crippen LogP contribution in [0, 0.1) is 0 Å². The molecule has 3 nitrogen and oxygen atoms in total. The quantitative estimate of drug-likeness (QED) is 0.760. The van der Waals surface area contributed by atoms with Gasteiger partial charge in [0.05, 0.1) is 12.0 Å². The van der Waals surface area contributed by atoms with Crippen molar-refractivity contribution in [2.24, 2.45) is 0 Å². The molecule has 0 saturated carbocycles. The van der Waals surface area contributed by atoms with E-state index < -0.39 is 0 Å². The molecule has 1 aromatic rings. The number of nitrogens with one attached hydrogen (secondary N) is 1. The Hall–Kier alpha value is -1.35. The van der Waals surface area contributed by atoms with Gasteiger partial charge in [-0.2, -0.15) is 0 Å². The Bertz CT molecular complexity index is 499. The molecule has 1 spiro atoms. The lowest BCUT2D eigenvalue weighted by molar-refractivity contribution is 0.00464. The fourth-order valence-electron chi connectivity index (χ4n) is 3.88. The van der Waals surface area contributed by atoms with Crippen molar-refractivity contribution >= 4 is 5.78 Å². The summed E-state index contributed by atoms with van der Waals surface area (Å²) in [6.07, 6.45) is 4.96. The van der Waals surface area contributed by atoms with Crippen molar-refractivity contribution < 1.29 is 9.53 Å². The molecule has 3 aliphatic heterocycles. The lowest BCUT2D eigenvalue weighted by Gasteiger charge is -2.43. The van der Waals surface area contributed by atoms with Crippen molar-refractivity contribution in [1.82, 2.24) is 5.32 Å². The number of rotatable bonds is 0. The number of hydrogen-bond acceptors (Lipinski definition) is 3. The number of hydrogen-bond donors (Lipinski definition) is 1. The number of ether oxygens (including phenoxy) is 1. The van der Waals surface area contributed by atoms with Crippen LogP contribution in [0.25, 0.3) is 0 Å². The van der Waals surface area contributed by atoms with Crippen LogP contribution in [-0.2, 0) is 0 Å². The van der Waals surface area contributed by atoms with E-state index in [4.69, 9.17) is 4.74 Å². The summed E-state index contributed by atoms with van der Waals surface area (Å²) >= 11 is 0. The highest BCUT2D eigenvalue weighted by Crippen LogP contribution is 2.43. The van der Waals surface area contributed by atoms with Crippen molar-refractivity contribution in [3.8, 4) is 5.75 Å². The standard InChI is InChI=1S/C15H17NO2/c17-13-9-15(7-10-5-6-11(8-15)16-10)18-14-4-2-1-3-12(13)14/h1-4,10-11,16H,5-9H2. The number of piperidine rings is 1. The third kappa shape index (κ3) is 1.50. The second-order valence-electron chi connectivity index (χ2n) is 5.93. The highest BCUT2D eigenvalue weighted by molar-refractivity contribution is 6.00. The van der Waals surface area contributed by atoms with Gasteiger partial charge in [-0.15, -0.1) is 0 Å². The summed E-state index contributed by atoms with van der Waals surface area (Å²) in [5.74, 6) is 1.04. The average Bonchev–Trinajstić information content (AvgIpc) is 2.69. The van der Waals surface area contributed by atoms with Crippen LogP contribution in [0.2, 0.25) is 0 Å². The number of fused-ring (bicyclic) bond motifs is 3. The molecule has 1 N–H and O–H groups in total. The number of carbonyl (C=O) groups is 1. The van der Waals surface area contributed by atoms with Crippen molar-refractivity contribution in [3.63, 3.8) is 0 Å². The lowest BCUT2D eigenvalue weighted by Crippen LogP contribution is -2.54. The first-order valence-electron chi connectivity index (χ1n) is 6.81. The Morgan fingerprint density at radius 1 is 1.17 bits per heavy atom. The smallest absolute Gasteiger partial charge is 0.170 e. The van der Waals surface area contributed by atoms with Crippen LogP contribution in [0.15, 0.2) is 24.3 Å². The summed E-state index contributed by atoms with van der Waals surface area (Å²) in [6.45, 7) is 0. The minimum Gasteiger partial charge on any atom is -0.486 e. The van der Waals surface area contributed by atoms with E-state index in [0.29, 0.717) is 18.5 Å². The molecule has 3 heterocycles. The topological polar surface area (TPSA) is 38.3 Å². The SMILES string of the molecule is O=C1CC2(CC3CCC(C2)N3)Oc2ccccc21. The second kappa shape index (κ2) is 3.58. The zero-order valence-corrected chi connectivity index (χ0v) is 10.3. The summed E-state index contributed by atoms with van der Waals surface area (Å²) in [5.41, 5.74) is 0.525. The monoisotopic (exact) mass is 243 g/mol. The molecular formula is C15H17NO2. The van der Waals surface area contributed by atoms with E-state index >= 15 is 0 Å². The van der Waals surface area contributed by atoms with Gasteiger partial charge in [0.1, 0.15) is 11.4 Å². The molecule has 2 fully saturated rings. The zero-order chi connectivity index (χ0) is 12.2. The molecule has 0 radical (unpaired) electrons. The van der Waals surface area contributed by atoms with Gasteiger partial charge >= 0.3 is 0 Å². The van der Waals surface area contributed by atoms with Gasteiger partial charge in [0.15, 0.2) is 5.78 Å². The molecular weight excluding hydrogens is 226 g/mol. The predicted molar refractivity (Wildman–Crippen MR) is 67.9 cm³/mol. The van der Waals surface area contributed by atoms with E-state index in [0.717, 1.165) is 24.2 Å². The van der Waals surface area contributed by atoms with E-state index in [1.54, 1.807) is 0 Å². The van der Waals surface area contributed by atoms with Gasteiger partial charge in [0, 0.05) is 24.9 Å². The summed E-state index contributed by atoms with van der Waals surface area (Å²) in [4.78, 5) is 12.3. The first-order chi connectivity index (χ1) is 8.74. The van der Waals surface area contributed by atoms with Gasteiger partial charge in [-0.1, -0.05) is 12.1 Å². The maximum Gasteiger partial charge on any atom is 0.170 e. The van der Waals surface area contributed by atoms with Crippen LogP contribution < -0.4 is 10.1 Å². The minimum atomic E-state index is -0.234. The number of carbonyl (C=O) groups excluding carboxylic acids is 1. The van der Waals surface area contributed by atoms with E-state index in [9.17, 15) is 4.79 Å². The fraction of sp³-hybridized carbons (Fsp3) is 0.533. The van der Waals surface area contributed by atoms with E-state index in [-0.39, 0.29) is 11.4 Å². The Morgan fingerprint density at radius 2 is 1.89 bits per heavy atom. The number of Topliss-reactive ketones (excluding diaryl/α,β-unsaturated/α-hetero) is 1. The van der Waals surface area contributed by atoms with E-state index in [1.807, 2.05) is 24.3 Å². The summed E-state index contributed by atoms with van der Waals surface area (Å²) in [5, 5.41) is 3.61. The molecule has 94 valence electrons. The molecule has 2 saturated heterocycles. The van der Waals surface area contributed by atoms with Crippen molar-refractivity contribution in [3.05, 3.63) is 29.8 Å². The summed E-state index contributed by atoms with van der Waals surface area (Å²) in [6, 6.07) is 8.74. The molecule has 0 amide bonds. The Labute approximate surface area is 107 Å². The fourth-order valence-corrected chi connectivity index (χ4v) is 3.88. The Balaban J connectivity index is 1.71. The summed E-state index contributed by atoms with van der Waals surface area (Å²) < 4.78 is 6.25. The molecule has 3 heteroatoms. The van der Waals surface area contributed by atoms with E-state index in [2.05, 4.69) is 5.32 Å². The largest absolute Gasteiger partial charge is 0.486 e. The zero-order valence-electron chi connectivity index (χ0n) is 10.3. The molecule has 0 aliphatic carbocycles. The van der Waals surface area contributed by atoms with Crippen LogP contribution in [0.4, 0.5) is 0 Å². The van der Waals surface area contributed by atoms with Crippen LogP contribution in [-0.4, -0.2) is 23.5 Å². The Kier molecular flexibility index (Phi) is 2.10. The van der Waals surface area contributed by atoms with Gasteiger partial charge in [-0.3, -0.25) is 4.79 Å². The normalized spacial score (nSPS) is 37.4. The van der Waals surface area contributed by atoms with Gasteiger partial charge in [0.2, 0.25) is 0 Å². The highest BCUT2D eigenvalue weighted by Gasteiger charge is 2.48. The lowest BCUT2D eigenvalue weighted by atomic mass is 9.80. The van der Waals surface area contributed by atoms with Gasteiger partial charge in [0.25, 0.3) is 0 Å². The summed E-state index contributed by atoms with van der Waals surface area (Å²) in [7, 11) is 0. The predicted octanol–water partition coefficient (Wildman–Crippen LogP) is 2.31. The number of para-hydroxylation sites is 1. The maximum atomic E-state index is 12.3. The first-order valence-corrected chi connectivity index (χ1v) is 6.81. The van der Waals surface area contributed by atoms with E-state index in [1.165, 1.54) is 12.8 Å². The molecule has 0 aromatic heterocycles. The number of ketones is 1. The van der Waals surface area contributed by atoms with Crippen LogP contribution >= 0.6 is 0 Å². The van der Waals surface area contributed by atoms with Gasteiger partial charge in [-0.25, -0.2) is 0 Å². The first kappa shape index (κ1) is 10.6. The molecule has 1 aromatic carbocycles. The van der Waals surface area contributed by atoms with Gasteiger partial charge in [-0.05, 0) is 25.0 Å². The average molecular weight is 243 g/mol. The van der Waals surface area contributed by atoms with Crippen molar-refractivity contribution in [1.29, 1.82) is 0 Å². The van der Waals surface area contributed by atoms with Crippen LogP contribution in [0.3, 0.4) is 0 Å². The molecule has 2 atom stereocenters. The molecule has 18 heavy (non-hydrogen) atoms. The Morgan fingerprint density at radius 3 is 2.67 bits per heavy atom. The van der Waals surface area contributed by atoms with Crippen molar-refractivity contribution in [2.45, 2.75) is 49.8 Å². The van der Waals surface area contributed by atoms with Gasteiger partial charge < -0.3 is 10.1 Å². The number of benzene rings is 1. The van der Waals surface area contributed by atoms with Crippen LogP contribution in [0.1, 0.15) is 42.5 Å². The minimum absolute atomic E-state index is 0.234. The van der Waals surface area contributed by atoms with Crippen LogP contribution in [0.5, 0.6) is 5.75 Å². The highest BCUT2D eigenvalue weighted by atomic mass is 16.5. The van der Waals surface area contributed by atoms with Crippen molar-refractivity contribution in [2.75, 3.05) is 0 Å².